The van der Waals surface area contributed by atoms with Gasteiger partial charge in [-0.25, -0.2) is 0 Å². The number of hydrogen-bond donors (Lipinski definition) is 2. The standard InChI is InChI=1S/C16H26N2O4S/c1-11(17-16(22)12-4-2-3-5-12)8-14(19)18-6-7-23-10-13(18)9-15(20)21/h11-13H,2-10H2,1H3,(H,17,22)(H,20,21). The monoisotopic (exact) mass is 342 g/mol. The molecule has 0 spiro atoms. The summed E-state index contributed by atoms with van der Waals surface area (Å²) in [4.78, 5) is 37.2. The SMILES string of the molecule is CC(CC(=O)N1CCSCC1CC(=O)O)NC(=O)C1CCCC1. The van der Waals surface area contributed by atoms with E-state index >= 15 is 0 Å². The van der Waals surface area contributed by atoms with E-state index in [2.05, 4.69) is 5.32 Å². The molecule has 0 bridgehead atoms. The minimum absolute atomic E-state index is 0.0123. The third-order valence-electron chi connectivity index (χ3n) is 4.55. The molecule has 2 N–H and O–H groups in total. The van der Waals surface area contributed by atoms with Crippen LogP contribution in [0.3, 0.4) is 0 Å². The van der Waals surface area contributed by atoms with Crippen LogP contribution in [-0.2, 0) is 14.4 Å². The van der Waals surface area contributed by atoms with Gasteiger partial charge in [0, 0.05) is 36.4 Å². The van der Waals surface area contributed by atoms with Gasteiger partial charge < -0.3 is 15.3 Å². The predicted octanol–water partition coefficient (Wildman–Crippen LogP) is 1.49. The van der Waals surface area contributed by atoms with Crippen LogP contribution in [0.2, 0.25) is 0 Å². The molecule has 0 aromatic carbocycles. The van der Waals surface area contributed by atoms with Crippen molar-refractivity contribution in [2.75, 3.05) is 18.1 Å². The van der Waals surface area contributed by atoms with Crippen molar-refractivity contribution in [2.24, 2.45) is 5.92 Å². The molecule has 23 heavy (non-hydrogen) atoms. The van der Waals surface area contributed by atoms with Gasteiger partial charge in [0.15, 0.2) is 0 Å². The number of amides is 2. The molecule has 0 aromatic heterocycles. The first-order valence-electron chi connectivity index (χ1n) is 8.36. The van der Waals surface area contributed by atoms with Crippen LogP contribution in [0.5, 0.6) is 0 Å². The molecule has 130 valence electrons. The molecule has 1 saturated carbocycles. The molecule has 0 aromatic rings. The van der Waals surface area contributed by atoms with Gasteiger partial charge in [-0.15, -0.1) is 0 Å². The second-order valence-electron chi connectivity index (χ2n) is 6.51. The van der Waals surface area contributed by atoms with Crippen LogP contribution in [0.25, 0.3) is 0 Å². The molecule has 2 aliphatic rings. The molecule has 1 saturated heterocycles. The molecule has 2 rings (SSSR count). The maximum Gasteiger partial charge on any atom is 0.305 e. The second kappa shape index (κ2) is 8.57. The Labute approximate surface area is 141 Å². The smallest absolute Gasteiger partial charge is 0.305 e. The summed E-state index contributed by atoms with van der Waals surface area (Å²) in [6, 6.07) is -0.452. The molecule has 0 radical (unpaired) electrons. The normalized spacial score (nSPS) is 23.5. The molecule has 2 fully saturated rings. The van der Waals surface area contributed by atoms with Crippen LogP contribution < -0.4 is 5.32 Å². The molecule has 2 amide bonds. The molecule has 2 atom stereocenters. The first kappa shape index (κ1) is 18.1. The number of thioether (sulfide) groups is 1. The van der Waals surface area contributed by atoms with Crippen LogP contribution in [-0.4, -0.2) is 57.9 Å². The van der Waals surface area contributed by atoms with Crippen molar-refractivity contribution in [3.63, 3.8) is 0 Å². The fourth-order valence-corrected chi connectivity index (χ4v) is 4.40. The van der Waals surface area contributed by atoms with Gasteiger partial charge in [0.2, 0.25) is 11.8 Å². The highest BCUT2D eigenvalue weighted by Crippen LogP contribution is 2.25. The molecular weight excluding hydrogens is 316 g/mol. The number of nitrogens with zero attached hydrogens (tertiary/aromatic N) is 1. The number of hydrogen-bond acceptors (Lipinski definition) is 4. The van der Waals surface area contributed by atoms with Crippen molar-refractivity contribution in [2.45, 2.75) is 57.5 Å². The molecule has 1 aliphatic heterocycles. The Kier molecular flexibility index (Phi) is 6.74. The number of nitrogens with one attached hydrogen (secondary N) is 1. The van der Waals surface area contributed by atoms with Gasteiger partial charge in [-0.2, -0.15) is 11.8 Å². The van der Waals surface area contributed by atoms with Crippen molar-refractivity contribution < 1.29 is 19.5 Å². The summed E-state index contributed by atoms with van der Waals surface area (Å²) in [5.74, 6) is 0.720. The van der Waals surface area contributed by atoms with E-state index in [0.29, 0.717) is 12.3 Å². The third kappa shape index (κ3) is 5.41. The summed E-state index contributed by atoms with van der Waals surface area (Å²) in [6.07, 6.45) is 4.31. The Balaban J connectivity index is 1.83. The Morgan fingerprint density at radius 2 is 2.00 bits per heavy atom. The van der Waals surface area contributed by atoms with Crippen molar-refractivity contribution in [1.29, 1.82) is 0 Å². The van der Waals surface area contributed by atoms with Gasteiger partial charge in [-0.3, -0.25) is 14.4 Å². The van der Waals surface area contributed by atoms with Gasteiger partial charge in [-0.05, 0) is 19.8 Å². The Bertz CT molecular complexity index is 451. The Morgan fingerprint density at radius 3 is 2.65 bits per heavy atom. The topological polar surface area (TPSA) is 86.7 Å². The van der Waals surface area contributed by atoms with Crippen molar-refractivity contribution in [3.05, 3.63) is 0 Å². The molecule has 6 nitrogen and oxygen atoms in total. The summed E-state index contributed by atoms with van der Waals surface area (Å²) in [7, 11) is 0. The number of rotatable bonds is 6. The van der Waals surface area contributed by atoms with Crippen LogP contribution in [0.15, 0.2) is 0 Å². The number of carbonyl (C=O) groups is 3. The number of carboxylic acid groups (broad SMARTS) is 1. The second-order valence-corrected chi connectivity index (χ2v) is 7.66. The largest absolute Gasteiger partial charge is 0.481 e. The summed E-state index contributed by atoms with van der Waals surface area (Å²) in [6.45, 7) is 2.43. The molecule has 7 heteroatoms. The van der Waals surface area contributed by atoms with Gasteiger partial charge in [-0.1, -0.05) is 12.8 Å². The van der Waals surface area contributed by atoms with Crippen molar-refractivity contribution in [3.8, 4) is 0 Å². The summed E-state index contributed by atoms with van der Waals surface area (Å²) >= 11 is 1.69. The van der Waals surface area contributed by atoms with Crippen molar-refractivity contribution in [1.82, 2.24) is 10.2 Å². The van der Waals surface area contributed by atoms with E-state index in [4.69, 9.17) is 5.11 Å². The van der Waals surface area contributed by atoms with E-state index in [1.807, 2.05) is 6.92 Å². The average molecular weight is 342 g/mol. The zero-order valence-electron chi connectivity index (χ0n) is 13.6. The number of carboxylic acids is 1. The highest BCUT2D eigenvalue weighted by molar-refractivity contribution is 7.99. The fraction of sp³-hybridized carbons (Fsp3) is 0.812. The maximum absolute atomic E-state index is 12.5. The van der Waals surface area contributed by atoms with E-state index in [1.54, 1.807) is 16.7 Å². The quantitative estimate of drug-likeness (QED) is 0.764. The average Bonchev–Trinajstić information content (AvgIpc) is 3.01. The summed E-state index contributed by atoms with van der Waals surface area (Å²) in [5.41, 5.74) is 0. The highest BCUT2D eigenvalue weighted by atomic mass is 32.2. The van der Waals surface area contributed by atoms with Gasteiger partial charge >= 0.3 is 5.97 Å². The lowest BCUT2D eigenvalue weighted by molar-refractivity contribution is -0.140. The Morgan fingerprint density at radius 1 is 1.30 bits per heavy atom. The van der Waals surface area contributed by atoms with Crippen LogP contribution >= 0.6 is 11.8 Å². The molecule has 2 unspecified atom stereocenters. The fourth-order valence-electron chi connectivity index (χ4n) is 3.33. The van der Waals surface area contributed by atoms with Crippen LogP contribution in [0.1, 0.15) is 45.4 Å². The van der Waals surface area contributed by atoms with E-state index in [-0.39, 0.29) is 42.7 Å². The van der Waals surface area contributed by atoms with E-state index in [0.717, 1.165) is 31.4 Å². The lowest BCUT2D eigenvalue weighted by Gasteiger charge is -2.35. The number of aliphatic carboxylic acids is 1. The van der Waals surface area contributed by atoms with Crippen LogP contribution in [0, 0.1) is 5.92 Å². The summed E-state index contributed by atoms with van der Waals surface area (Å²) < 4.78 is 0. The Hall–Kier alpha value is -1.24. The zero-order valence-corrected chi connectivity index (χ0v) is 14.4. The van der Waals surface area contributed by atoms with Gasteiger partial charge in [0.1, 0.15) is 0 Å². The molecular formula is C16H26N2O4S. The first-order chi connectivity index (χ1) is 11.0. The predicted molar refractivity (Wildman–Crippen MR) is 89.3 cm³/mol. The highest BCUT2D eigenvalue weighted by Gasteiger charge is 2.30. The third-order valence-corrected chi connectivity index (χ3v) is 5.65. The van der Waals surface area contributed by atoms with Gasteiger partial charge in [0.25, 0.3) is 0 Å². The summed E-state index contributed by atoms with van der Waals surface area (Å²) in [5, 5.41) is 11.9. The maximum atomic E-state index is 12.5. The van der Waals surface area contributed by atoms with E-state index in [9.17, 15) is 14.4 Å². The van der Waals surface area contributed by atoms with Gasteiger partial charge in [0.05, 0.1) is 12.5 Å². The molecule has 1 heterocycles. The van der Waals surface area contributed by atoms with E-state index in [1.165, 1.54) is 0 Å². The first-order valence-corrected chi connectivity index (χ1v) is 9.52. The van der Waals surface area contributed by atoms with Crippen molar-refractivity contribution >= 4 is 29.5 Å². The van der Waals surface area contributed by atoms with Crippen LogP contribution in [0.4, 0.5) is 0 Å². The van der Waals surface area contributed by atoms with E-state index < -0.39 is 5.97 Å². The lowest BCUT2D eigenvalue weighted by Crippen LogP contribution is -2.49. The lowest BCUT2D eigenvalue weighted by atomic mass is 10.1. The zero-order chi connectivity index (χ0) is 16.8. The minimum atomic E-state index is -0.877. The molecule has 1 aliphatic carbocycles. The number of carbonyl (C=O) groups excluding carboxylic acids is 2. The minimum Gasteiger partial charge on any atom is -0.481 e.